The Kier molecular flexibility index (Phi) is 11.6. The number of thiazole rings is 1. The Morgan fingerprint density at radius 2 is 1.50 bits per heavy atom. The third-order valence-corrected chi connectivity index (χ3v) is 10.0. The third-order valence-electron chi connectivity index (χ3n) is 7.27. The van der Waals surface area contributed by atoms with E-state index in [1.54, 1.807) is 54.6 Å². The maximum Gasteiger partial charge on any atom is 0.272 e. The van der Waals surface area contributed by atoms with Gasteiger partial charge in [0.25, 0.3) is 11.8 Å². The predicted octanol–water partition coefficient (Wildman–Crippen LogP) is 10.1. The van der Waals surface area contributed by atoms with Crippen LogP contribution in [0.2, 0.25) is 5.02 Å². The van der Waals surface area contributed by atoms with E-state index in [9.17, 15) is 14.4 Å². The van der Waals surface area contributed by atoms with Gasteiger partial charge in [0.05, 0.1) is 5.69 Å². The monoisotopic (exact) mass is 778 g/mol. The highest BCUT2D eigenvalue weighted by Gasteiger charge is 2.23. The van der Waals surface area contributed by atoms with Gasteiger partial charge in [-0.25, -0.2) is 4.98 Å². The number of benzene rings is 5. The Hall–Kier alpha value is -5.00. The molecular weight excluding hydrogens is 752 g/mol. The number of rotatable bonds is 11. The first-order valence-electron chi connectivity index (χ1n) is 15.3. The third kappa shape index (κ3) is 9.36. The Balaban J connectivity index is 1.17. The molecule has 7 nitrogen and oxygen atoms in total. The Labute approximate surface area is 311 Å². The van der Waals surface area contributed by atoms with Gasteiger partial charge in [0.15, 0.2) is 5.13 Å². The second kappa shape index (κ2) is 16.6. The van der Waals surface area contributed by atoms with E-state index in [2.05, 4.69) is 36.9 Å². The fourth-order valence-corrected chi connectivity index (χ4v) is 7.10. The molecule has 1 heterocycles. The van der Waals surface area contributed by atoms with E-state index in [-0.39, 0.29) is 11.6 Å². The van der Waals surface area contributed by atoms with Crippen molar-refractivity contribution < 1.29 is 14.4 Å². The molecule has 3 N–H and O–H groups in total. The molecule has 6 aromatic rings. The molecule has 6 rings (SSSR count). The summed E-state index contributed by atoms with van der Waals surface area (Å²) in [4.78, 5) is 45.6. The smallest absolute Gasteiger partial charge is 0.272 e. The van der Waals surface area contributed by atoms with Crippen molar-refractivity contribution in [2.45, 2.75) is 10.1 Å². The van der Waals surface area contributed by atoms with Crippen molar-refractivity contribution in [3.05, 3.63) is 171 Å². The number of halogens is 2. The van der Waals surface area contributed by atoms with Gasteiger partial charge in [-0.2, -0.15) is 0 Å². The molecule has 50 heavy (non-hydrogen) atoms. The molecule has 5 aromatic carbocycles. The van der Waals surface area contributed by atoms with Gasteiger partial charge in [0.1, 0.15) is 10.9 Å². The average Bonchev–Trinajstić information content (AvgIpc) is 3.60. The second-order valence-corrected chi connectivity index (χ2v) is 14.2. The van der Waals surface area contributed by atoms with Crippen LogP contribution in [0.1, 0.15) is 26.7 Å². The lowest BCUT2D eigenvalue weighted by Crippen LogP contribution is -2.30. The Morgan fingerprint density at radius 3 is 2.20 bits per heavy atom. The number of nitrogens with one attached hydrogen (secondary N) is 3. The number of aromatic nitrogens is 1. The maximum absolute atomic E-state index is 13.7. The minimum Gasteiger partial charge on any atom is -0.321 e. The van der Waals surface area contributed by atoms with E-state index < -0.39 is 17.1 Å². The molecule has 0 aliphatic heterocycles. The SMILES string of the molecule is O=C(Nc1ccc(SC(C(=O)Nc2nc(-c3ccc(Cl)cc3)cs2)c2ccccc2)cc1)/C(=C/c1cccc(Br)c1)NC(=O)c1ccccc1. The van der Waals surface area contributed by atoms with Crippen molar-refractivity contribution in [2.24, 2.45) is 0 Å². The molecule has 0 aliphatic rings. The van der Waals surface area contributed by atoms with Gasteiger partial charge in [-0.1, -0.05) is 100 Å². The van der Waals surface area contributed by atoms with Crippen LogP contribution in [0.4, 0.5) is 10.8 Å². The van der Waals surface area contributed by atoms with Crippen LogP contribution in [0.25, 0.3) is 17.3 Å². The summed E-state index contributed by atoms with van der Waals surface area (Å²) in [6.45, 7) is 0. The predicted molar refractivity (Wildman–Crippen MR) is 207 cm³/mol. The fourth-order valence-electron chi connectivity index (χ4n) is 4.81. The van der Waals surface area contributed by atoms with Crippen LogP contribution < -0.4 is 16.0 Å². The normalized spacial score (nSPS) is 11.8. The van der Waals surface area contributed by atoms with Gasteiger partial charge < -0.3 is 16.0 Å². The van der Waals surface area contributed by atoms with Gasteiger partial charge >= 0.3 is 0 Å². The first kappa shape index (κ1) is 34.8. The molecule has 0 saturated heterocycles. The van der Waals surface area contributed by atoms with Crippen LogP contribution >= 0.6 is 50.6 Å². The van der Waals surface area contributed by atoms with Crippen LogP contribution in [0.5, 0.6) is 0 Å². The van der Waals surface area contributed by atoms with Crippen molar-refractivity contribution in [1.29, 1.82) is 0 Å². The maximum atomic E-state index is 13.7. The molecule has 0 saturated carbocycles. The molecule has 248 valence electrons. The lowest BCUT2D eigenvalue weighted by Gasteiger charge is -2.17. The van der Waals surface area contributed by atoms with Crippen molar-refractivity contribution >= 4 is 85.2 Å². The average molecular weight is 780 g/mol. The van der Waals surface area contributed by atoms with E-state index in [4.69, 9.17) is 11.6 Å². The standard InChI is InChI=1S/C39H28BrClN4O3S2/c40-29-13-7-8-25(22-29)23-33(43-36(46)28-11-5-2-6-12-28)37(47)42-31-18-20-32(21-19-31)50-35(27-9-3-1-4-10-27)38(48)45-39-44-34(24-49-39)26-14-16-30(41)17-15-26/h1-24,35H,(H,42,47)(H,43,46)(H,44,45,48)/b33-23-. The number of carbonyl (C=O) groups excluding carboxylic acids is 3. The topological polar surface area (TPSA) is 100 Å². The molecule has 0 radical (unpaired) electrons. The molecule has 0 fully saturated rings. The van der Waals surface area contributed by atoms with Crippen LogP contribution in [-0.4, -0.2) is 22.7 Å². The molecule has 0 aliphatic carbocycles. The summed E-state index contributed by atoms with van der Waals surface area (Å²) in [5.74, 6) is -1.11. The van der Waals surface area contributed by atoms with E-state index >= 15 is 0 Å². The van der Waals surface area contributed by atoms with Gasteiger partial charge in [-0.05, 0) is 77.9 Å². The zero-order valence-corrected chi connectivity index (χ0v) is 30.2. The second-order valence-electron chi connectivity index (χ2n) is 10.9. The van der Waals surface area contributed by atoms with E-state index in [1.807, 2.05) is 90.3 Å². The lowest BCUT2D eigenvalue weighted by atomic mass is 10.1. The fraction of sp³-hybridized carbons (Fsp3) is 0.0256. The summed E-state index contributed by atoms with van der Waals surface area (Å²) in [5, 5.41) is 11.1. The van der Waals surface area contributed by atoms with Gasteiger partial charge in [-0.3, -0.25) is 14.4 Å². The summed E-state index contributed by atoms with van der Waals surface area (Å²) in [6, 6.07) is 40.2. The molecule has 0 spiro atoms. The molecule has 1 aromatic heterocycles. The first-order valence-corrected chi connectivity index (χ1v) is 18.2. The van der Waals surface area contributed by atoms with Crippen LogP contribution in [-0.2, 0) is 9.59 Å². The summed E-state index contributed by atoms with van der Waals surface area (Å²) in [7, 11) is 0. The molecule has 11 heteroatoms. The van der Waals surface area contributed by atoms with Crippen LogP contribution in [0, 0.1) is 0 Å². The summed E-state index contributed by atoms with van der Waals surface area (Å²) in [6.07, 6.45) is 1.62. The minimum atomic E-state index is -0.576. The van der Waals surface area contributed by atoms with Crippen molar-refractivity contribution in [1.82, 2.24) is 10.3 Å². The van der Waals surface area contributed by atoms with E-state index in [0.29, 0.717) is 21.4 Å². The van der Waals surface area contributed by atoms with E-state index in [1.165, 1.54) is 23.1 Å². The number of thioether (sulfide) groups is 1. The number of anilines is 2. The summed E-state index contributed by atoms with van der Waals surface area (Å²) >= 11 is 12.2. The largest absolute Gasteiger partial charge is 0.321 e. The quantitative estimate of drug-likeness (QED) is 0.0898. The number of amides is 3. The van der Waals surface area contributed by atoms with Crippen LogP contribution in [0.3, 0.4) is 0 Å². The lowest BCUT2D eigenvalue weighted by molar-refractivity contribution is -0.116. The number of carbonyl (C=O) groups is 3. The number of hydrogen-bond donors (Lipinski definition) is 3. The zero-order chi connectivity index (χ0) is 34.9. The summed E-state index contributed by atoms with van der Waals surface area (Å²) in [5.41, 5.74) is 4.24. The molecule has 0 bridgehead atoms. The van der Waals surface area contributed by atoms with E-state index in [0.717, 1.165) is 31.8 Å². The van der Waals surface area contributed by atoms with Gasteiger partial charge in [0, 0.05) is 36.6 Å². The van der Waals surface area contributed by atoms with Crippen molar-refractivity contribution in [2.75, 3.05) is 10.6 Å². The number of nitrogens with zero attached hydrogens (tertiary/aromatic N) is 1. The summed E-state index contributed by atoms with van der Waals surface area (Å²) < 4.78 is 0.838. The highest BCUT2D eigenvalue weighted by atomic mass is 79.9. The van der Waals surface area contributed by atoms with Crippen LogP contribution in [0.15, 0.2) is 154 Å². The van der Waals surface area contributed by atoms with Crippen molar-refractivity contribution in [3.8, 4) is 11.3 Å². The molecule has 3 amide bonds. The molecular formula is C39H28BrClN4O3S2. The first-order chi connectivity index (χ1) is 24.3. The van der Waals surface area contributed by atoms with Crippen molar-refractivity contribution in [3.63, 3.8) is 0 Å². The minimum absolute atomic E-state index is 0.0811. The molecule has 1 atom stereocenters. The number of hydrogen-bond acceptors (Lipinski definition) is 6. The highest BCUT2D eigenvalue weighted by molar-refractivity contribution is 9.10. The Morgan fingerprint density at radius 1 is 0.800 bits per heavy atom. The zero-order valence-electron chi connectivity index (χ0n) is 26.2. The van der Waals surface area contributed by atoms with Gasteiger partial charge in [0.2, 0.25) is 5.91 Å². The highest BCUT2D eigenvalue weighted by Crippen LogP contribution is 2.37. The molecule has 1 unspecified atom stereocenters. The van der Waals surface area contributed by atoms with Gasteiger partial charge in [-0.15, -0.1) is 23.1 Å². The Bertz CT molecular complexity index is 2140.